The summed E-state index contributed by atoms with van der Waals surface area (Å²) in [5.74, 6) is 0.325. The van der Waals surface area contributed by atoms with Crippen LogP contribution in [0.15, 0.2) is 61.1 Å². The highest BCUT2D eigenvalue weighted by Gasteiger charge is 2.15. The number of carbonyl (C=O) groups is 1. The van der Waals surface area contributed by atoms with E-state index < -0.39 is 4.92 Å². The molecule has 0 radical (unpaired) electrons. The number of carbonyl (C=O) groups excluding carboxylic acids is 1. The molecular formula is C23H23N7O3. The second-order valence-corrected chi connectivity index (χ2v) is 7.50. The van der Waals surface area contributed by atoms with Gasteiger partial charge in [-0.3, -0.25) is 14.9 Å². The summed E-state index contributed by atoms with van der Waals surface area (Å²) >= 11 is 0. The summed E-state index contributed by atoms with van der Waals surface area (Å²) in [7, 11) is 0. The lowest BCUT2D eigenvalue weighted by Crippen LogP contribution is -2.27. The van der Waals surface area contributed by atoms with Gasteiger partial charge in [0.05, 0.1) is 23.1 Å². The number of hydrogen-bond acceptors (Lipinski definition) is 7. The van der Waals surface area contributed by atoms with Crippen LogP contribution in [0.3, 0.4) is 0 Å². The van der Waals surface area contributed by atoms with Crippen molar-refractivity contribution in [2.24, 2.45) is 0 Å². The molecule has 2 aromatic heterocycles. The molecule has 168 valence electrons. The van der Waals surface area contributed by atoms with Gasteiger partial charge in [-0.05, 0) is 25.0 Å². The molecule has 0 unspecified atom stereocenters. The van der Waals surface area contributed by atoms with Gasteiger partial charge >= 0.3 is 0 Å². The van der Waals surface area contributed by atoms with Crippen molar-refractivity contribution < 1.29 is 9.72 Å². The molecule has 1 amide bonds. The third-order valence-electron chi connectivity index (χ3n) is 5.26. The Balaban J connectivity index is 1.36. The van der Waals surface area contributed by atoms with E-state index in [1.165, 1.54) is 18.0 Å². The van der Waals surface area contributed by atoms with Crippen LogP contribution in [0.4, 0.5) is 11.5 Å². The normalized spacial score (nSPS) is 10.8. The number of rotatable bonds is 9. The molecule has 0 aliphatic rings. The maximum atomic E-state index is 12.4. The number of hydrogen-bond donors (Lipinski definition) is 2. The third-order valence-corrected chi connectivity index (χ3v) is 5.26. The van der Waals surface area contributed by atoms with Crippen molar-refractivity contribution in [3.8, 4) is 0 Å². The summed E-state index contributed by atoms with van der Waals surface area (Å²) < 4.78 is 1.69. The number of nitro benzene ring substituents is 1. The molecule has 10 heteroatoms. The van der Waals surface area contributed by atoms with E-state index in [4.69, 9.17) is 0 Å². The summed E-state index contributed by atoms with van der Waals surface area (Å²) in [6, 6.07) is 14.6. The van der Waals surface area contributed by atoms with E-state index in [1.54, 1.807) is 29.9 Å². The van der Waals surface area contributed by atoms with Gasteiger partial charge in [-0.25, -0.2) is 14.6 Å². The molecule has 33 heavy (non-hydrogen) atoms. The van der Waals surface area contributed by atoms with Crippen molar-refractivity contribution in [2.45, 2.75) is 19.9 Å². The molecule has 0 saturated heterocycles. The first-order valence-electron chi connectivity index (χ1n) is 10.5. The van der Waals surface area contributed by atoms with Crippen molar-refractivity contribution in [3.63, 3.8) is 0 Å². The van der Waals surface area contributed by atoms with Gasteiger partial charge in [0.1, 0.15) is 12.1 Å². The number of amides is 1. The lowest BCUT2D eigenvalue weighted by Gasteiger charge is -2.08. The van der Waals surface area contributed by atoms with Crippen molar-refractivity contribution in [1.29, 1.82) is 0 Å². The van der Waals surface area contributed by atoms with Crippen molar-refractivity contribution in [2.75, 3.05) is 18.4 Å². The number of anilines is 1. The number of fused-ring (bicyclic) bond motifs is 1. The minimum Gasteiger partial charge on any atom is -0.369 e. The molecule has 2 aromatic carbocycles. The van der Waals surface area contributed by atoms with Crippen LogP contribution in [0.1, 0.15) is 21.5 Å². The lowest BCUT2D eigenvalue weighted by atomic mass is 10.1. The van der Waals surface area contributed by atoms with Crippen LogP contribution in [-0.4, -0.2) is 43.7 Å². The summed E-state index contributed by atoms with van der Waals surface area (Å²) in [4.78, 5) is 31.7. The monoisotopic (exact) mass is 445 g/mol. The molecule has 0 aliphatic heterocycles. The van der Waals surface area contributed by atoms with Gasteiger partial charge < -0.3 is 10.6 Å². The fourth-order valence-electron chi connectivity index (χ4n) is 3.49. The Kier molecular flexibility index (Phi) is 6.53. The van der Waals surface area contributed by atoms with Gasteiger partial charge in [0.25, 0.3) is 11.6 Å². The zero-order chi connectivity index (χ0) is 23.2. The molecule has 0 spiro atoms. The van der Waals surface area contributed by atoms with Crippen molar-refractivity contribution >= 4 is 28.4 Å². The Morgan fingerprint density at radius 2 is 1.94 bits per heavy atom. The van der Waals surface area contributed by atoms with E-state index in [0.717, 1.165) is 18.4 Å². The number of benzene rings is 2. The minimum absolute atomic E-state index is 0.0790. The average Bonchev–Trinajstić information content (AvgIpc) is 3.24. The Morgan fingerprint density at radius 3 is 2.73 bits per heavy atom. The summed E-state index contributed by atoms with van der Waals surface area (Å²) in [6.07, 6.45) is 4.05. The third kappa shape index (κ3) is 5.12. The van der Waals surface area contributed by atoms with E-state index in [2.05, 4.69) is 37.8 Å². The first-order chi connectivity index (χ1) is 16.0. The molecule has 4 rings (SSSR count). The summed E-state index contributed by atoms with van der Waals surface area (Å²) in [6.45, 7) is 3.04. The van der Waals surface area contributed by atoms with E-state index >= 15 is 0 Å². The SMILES string of the molecule is Cc1ccc(C(=O)NCCn2ncc3c(NCCc4ccccc4)ncnc32)cc1[N+](=O)[O-]. The van der Waals surface area contributed by atoms with Crippen molar-refractivity contribution in [1.82, 2.24) is 25.1 Å². The topological polar surface area (TPSA) is 128 Å². The molecule has 0 atom stereocenters. The van der Waals surface area contributed by atoms with Gasteiger partial charge in [0.15, 0.2) is 5.65 Å². The molecule has 2 N–H and O–H groups in total. The lowest BCUT2D eigenvalue weighted by molar-refractivity contribution is -0.385. The fourth-order valence-corrected chi connectivity index (χ4v) is 3.49. The maximum Gasteiger partial charge on any atom is 0.273 e. The number of aromatic nitrogens is 4. The first kappa shape index (κ1) is 21.9. The largest absolute Gasteiger partial charge is 0.369 e. The standard InChI is InChI=1S/C23H23N7O3/c1-16-7-8-18(13-20(16)30(32)33)23(31)25-11-12-29-22-19(14-28-29)21(26-15-27-22)24-10-9-17-5-3-2-4-6-17/h2-8,13-15H,9-12H2,1H3,(H,25,31)(H,24,26,27). The highest BCUT2D eigenvalue weighted by atomic mass is 16.6. The molecular weight excluding hydrogens is 422 g/mol. The molecule has 0 aliphatic carbocycles. The van der Waals surface area contributed by atoms with Gasteiger partial charge in [-0.1, -0.05) is 36.4 Å². The average molecular weight is 445 g/mol. The van der Waals surface area contributed by atoms with E-state index in [0.29, 0.717) is 23.6 Å². The predicted molar refractivity (Wildman–Crippen MR) is 124 cm³/mol. The molecule has 4 aromatic rings. The number of nitro groups is 1. The molecule has 0 fully saturated rings. The summed E-state index contributed by atoms with van der Waals surface area (Å²) in [5.41, 5.74) is 2.56. The minimum atomic E-state index is -0.493. The van der Waals surface area contributed by atoms with E-state index in [1.807, 2.05) is 18.2 Å². The Labute approximate surface area is 189 Å². The van der Waals surface area contributed by atoms with Gasteiger partial charge in [0, 0.05) is 30.3 Å². The van der Waals surface area contributed by atoms with Gasteiger partial charge in [-0.2, -0.15) is 5.10 Å². The quantitative estimate of drug-likeness (QED) is 0.299. The highest BCUT2D eigenvalue weighted by Crippen LogP contribution is 2.20. The zero-order valence-electron chi connectivity index (χ0n) is 18.1. The Hall–Kier alpha value is -4.34. The van der Waals surface area contributed by atoms with Crippen LogP contribution in [0.5, 0.6) is 0 Å². The second kappa shape index (κ2) is 9.86. The van der Waals surface area contributed by atoms with Crippen LogP contribution < -0.4 is 10.6 Å². The fraction of sp³-hybridized carbons (Fsp3) is 0.217. The summed E-state index contributed by atoms with van der Waals surface area (Å²) in [5, 5.41) is 22.4. The zero-order valence-corrected chi connectivity index (χ0v) is 18.1. The highest BCUT2D eigenvalue weighted by molar-refractivity contribution is 5.95. The molecule has 0 bridgehead atoms. The van der Waals surface area contributed by atoms with Crippen LogP contribution in [0, 0.1) is 17.0 Å². The first-order valence-corrected chi connectivity index (χ1v) is 10.5. The van der Waals surface area contributed by atoms with Gasteiger partial charge in [0.2, 0.25) is 0 Å². The van der Waals surface area contributed by atoms with Crippen molar-refractivity contribution in [3.05, 3.63) is 87.9 Å². The van der Waals surface area contributed by atoms with Crippen LogP contribution in [0.2, 0.25) is 0 Å². The van der Waals surface area contributed by atoms with E-state index in [-0.39, 0.29) is 23.7 Å². The Morgan fingerprint density at radius 1 is 1.12 bits per heavy atom. The molecule has 2 heterocycles. The smallest absolute Gasteiger partial charge is 0.273 e. The van der Waals surface area contributed by atoms with Gasteiger partial charge in [-0.15, -0.1) is 0 Å². The maximum absolute atomic E-state index is 12.4. The predicted octanol–water partition coefficient (Wildman–Crippen LogP) is 3.13. The second-order valence-electron chi connectivity index (χ2n) is 7.50. The molecule has 0 saturated carbocycles. The van der Waals surface area contributed by atoms with E-state index in [9.17, 15) is 14.9 Å². The van der Waals surface area contributed by atoms with Crippen LogP contribution in [-0.2, 0) is 13.0 Å². The van der Waals surface area contributed by atoms with Crippen LogP contribution in [0.25, 0.3) is 11.0 Å². The Bertz CT molecular complexity index is 1290. The van der Waals surface area contributed by atoms with Crippen LogP contribution >= 0.6 is 0 Å². The molecule has 10 nitrogen and oxygen atoms in total. The number of nitrogens with zero attached hydrogens (tertiary/aromatic N) is 5. The number of nitrogens with one attached hydrogen (secondary N) is 2. The number of aryl methyl sites for hydroxylation is 1.